The van der Waals surface area contributed by atoms with Crippen molar-refractivity contribution in [3.05, 3.63) is 214 Å². The van der Waals surface area contributed by atoms with Gasteiger partial charge in [-0.1, -0.05) is 187 Å². The van der Waals surface area contributed by atoms with E-state index < -0.39 is 51.2 Å². The van der Waals surface area contributed by atoms with Crippen molar-refractivity contribution in [3.63, 3.8) is 0 Å². The molecule has 12 nitrogen and oxygen atoms in total. The van der Waals surface area contributed by atoms with Crippen LogP contribution in [-0.4, -0.2) is 44.5 Å². The molecular weight excluding hydrogens is 1800 g/mol. The molecule has 0 atom stereocenters. The molecule has 436 valence electrons. The minimum Gasteiger partial charge on any atom is -1.00 e. The van der Waals surface area contributed by atoms with Crippen LogP contribution in [0.3, 0.4) is 0 Å². The van der Waals surface area contributed by atoms with Crippen molar-refractivity contribution in [2.24, 2.45) is 0 Å². The van der Waals surface area contributed by atoms with Crippen LogP contribution in [0.4, 0.5) is 11.4 Å². The summed E-state index contributed by atoms with van der Waals surface area (Å²) in [5, 5.41) is 31.7. The number of hydrogen-bond acceptors (Lipinski definition) is 10. The van der Waals surface area contributed by atoms with Gasteiger partial charge in [-0.15, -0.1) is 6.42 Å². The standard InChI is InChI=1S/C20H12BrCl2NO3S.C12H7BrCl2INO3S.C8H6.C6H3BrCl2O3S.C6H5ClIN.2CH4.HI/c21-14-10-16(23)20(25)19(11-14)28(26,27)24-17-7-6-15(22)8-13(17)9-18(24)12-4-2-1-3-5-12;13-6-3-8(15)12(18)11(4-6)21(19,20)17-10-2-1-7(14)5-9(10)16;1-2-8-6-4-3-5-7-8;7-3-1-4(8)6(10)5(2-3)13(9,11)12;7-4-1-2-6(9)5(8)3-4;;;/h1-11,25H;1-5,17-18H;1,3-7H;1-2,10H;1-3H,9H2;2*1H4;1H/p-1. The Morgan fingerprint density at radius 2 is 0.976 bits per heavy atom. The smallest absolute Gasteiger partial charge is 0.272 e. The summed E-state index contributed by atoms with van der Waals surface area (Å²) in [6.07, 6.45) is 5.10. The van der Waals surface area contributed by atoms with E-state index in [-0.39, 0.29) is 63.7 Å². The number of hydrogen-bond donors (Lipinski definition) is 5. The lowest BCUT2D eigenvalue weighted by Crippen LogP contribution is -3.00. The fourth-order valence-corrected chi connectivity index (χ4v) is 15.5. The van der Waals surface area contributed by atoms with Crippen molar-refractivity contribution in [1.29, 1.82) is 0 Å². The highest BCUT2D eigenvalue weighted by molar-refractivity contribution is 14.1. The highest BCUT2D eigenvalue weighted by atomic mass is 127. The third-order valence-electron chi connectivity index (χ3n) is 9.92. The lowest BCUT2D eigenvalue weighted by atomic mass is 10.1. The Kier molecular flexibility index (Phi) is 30.8. The maximum atomic E-state index is 13.6. The second kappa shape index (κ2) is 33.5. The van der Waals surface area contributed by atoms with E-state index in [2.05, 4.69) is 81.0 Å². The summed E-state index contributed by atoms with van der Waals surface area (Å²) in [5.74, 6) is 0.981. The van der Waals surface area contributed by atoms with Crippen LogP contribution in [0.5, 0.6) is 17.2 Å². The molecule has 0 bridgehead atoms. The molecule has 0 spiro atoms. The fraction of sp³-hybridized carbons (Fsp3) is 0.0370. The van der Waals surface area contributed by atoms with E-state index in [1.807, 2.05) is 89.3 Å². The van der Waals surface area contributed by atoms with E-state index in [9.17, 15) is 40.6 Å². The van der Waals surface area contributed by atoms with Gasteiger partial charge in [-0.3, -0.25) is 4.72 Å². The molecule has 0 unspecified atom stereocenters. The summed E-state index contributed by atoms with van der Waals surface area (Å²) in [7, 11) is -7.10. The van der Waals surface area contributed by atoms with Crippen molar-refractivity contribution >= 4 is 225 Å². The summed E-state index contributed by atoms with van der Waals surface area (Å²) in [6, 6.07) is 43.5. The number of nitrogen functional groups attached to an aromatic ring is 1. The number of anilines is 2. The predicted molar refractivity (Wildman–Crippen MR) is 362 cm³/mol. The number of benzene rings is 8. The first-order valence-corrected chi connectivity index (χ1v) is 33.3. The van der Waals surface area contributed by atoms with Gasteiger partial charge in [0, 0.05) is 62.9 Å². The third kappa shape index (κ3) is 20.8. The van der Waals surface area contributed by atoms with Gasteiger partial charge in [-0.25, -0.2) is 29.2 Å². The number of terminal acetylenes is 1. The number of nitrogens with one attached hydrogen (secondary N) is 1. The quantitative estimate of drug-likeness (QED) is 0.0442. The molecule has 8 aromatic carbocycles. The third-order valence-corrected chi connectivity index (χ3v) is 19.1. The Morgan fingerprint density at radius 3 is 1.44 bits per heavy atom. The zero-order valence-electron chi connectivity index (χ0n) is 39.5. The number of aromatic nitrogens is 1. The lowest BCUT2D eigenvalue weighted by molar-refractivity contribution is -0.0000254. The van der Waals surface area contributed by atoms with Crippen molar-refractivity contribution in [2.45, 2.75) is 29.5 Å². The predicted octanol–water partition coefficient (Wildman–Crippen LogP) is 16.4. The number of fused-ring (bicyclic) bond motifs is 1. The molecule has 0 saturated heterocycles. The molecule has 0 radical (unpaired) electrons. The van der Waals surface area contributed by atoms with Gasteiger partial charge in [-0.05, 0) is 160 Å². The normalized spacial score (nSPS) is 10.6. The Morgan fingerprint density at radius 1 is 0.549 bits per heavy atom. The van der Waals surface area contributed by atoms with E-state index >= 15 is 0 Å². The first-order valence-electron chi connectivity index (χ1n) is 21.3. The van der Waals surface area contributed by atoms with E-state index in [0.29, 0.717) is 54.9 Å². The molecule has 82 heavy (non-hydrogen) atoms. The van der Waals surface area contributed by atoms with Crippen LogP contribution < -0.4 is 34.4 Å². The van der Waals surface area contributed by atoms with Gasteiger partial charge in [0.1, 0.15) is 14.7 Å². The number of phenolic OH excluding ortho intramolecular Hbond substituents is 3. The highest BCUT2D eigenvalue weighted by Gasteiger charge is 2.29. The van der Waals surface area contributed by atoms with Crippen molar-refractivity contribution < 1.29 is 64.5 Å². The molecule has 0 aliphatic carbocycles. The SMILES string of the molecule is C.C.C#Cc1ccccc1.Nc1ccc(Cl)cc1I.O=S(=O)(Cl)c1cc(Br)cc(Cl)c1O.O=S(=O)(Nc1ccc(Cl)cc1I)c1cc(Br)cc(Cl)c1O.O=S(=O)(c1cc(Br)cc(Cl)c1O)n1c(-c2ccccc2)cc2cc(Cl)ccc21.[I-]. The van der Waals surface area contributed by atoms with Crippen LogP contribution in [-0.2, 0) is 29.1 Å². The Hall–Kier alpha value is -2.63. The second-order valence-electron chi connectivity index (χ2n) is 15.4. The molecule has 0 amide bonds. The maximum Gasteiger partial charge on any atom is 0.272 e. The largest absolute Gasteiger partial charge is 1.00 e. The Balaban J connectivity index is 0.000000375. The molecular formula is C54H41Br3Cl7I3N3O9S3-. The summed E-state index contributed by atoms with van der Waals surface area (Å²) < 4.78 is 80.3. The summed E-state index contributed by atoms with van der Waals surface area (Å²) in [5.41, 5.74) is 9.20. The zero-order valence-corrected chi connectivity index (χ0v) is 58.5. The van der Waals surface area contributed by atoms with Crippen LogP contribution in [0.15, 0.2) is 186 Å². The zero-order chi connectivity index (χ0) is 58.7. The molecule has 0 fully saturated rings. The van der Waals surface area contributed by atoms with Gasteiger partial charge in [-0.2, -0.15) is 0 Å². The highest BCUT2D eigenvalue weighted by Crippen LogP contribution is 2.41. The van der Waals surface area contributed by atoms with Gasteiger partial charge < -0.3 is 45.0 Å². The van der Waals surface area contributed by atoms with Gasteiger partial charge in [0.15, 0.2) is 17.2 Å². The van der Waals surface area contributed by atoms with Crippen molar-refractivity contribution in [1.82, 2.24) is 3.97 Å². The molecule has 28 heteroatoms. The molecule has 0 aliphatic heterocycles. The van der Waals surface area contributed by atoms with E-state index in [1.165, 1.54) is 46.4 Å². The monoisotopic (exact) mass is 1830 g/mol. The van der Waals surface area contributed by atoms with Crippen LogP contribution in [0.25, 0.3) is 22.2 Å². The number of sulfonamides is 1. The van der Waals surface area contributed by atoms with Crippen LogP contribution >= 0.6 is 173 Å². The van der Waals surface area contributed by atoms with Gasteiger partial charge in [0.25, 0.3) is 29.1 Å². The van der Waals surface area contributed by atoms with Gasteiger partial charge in [0.05, 0.1) is 32.0 Å². The van der Waals surface area contributed by atoms with Gasteiger partial charge in [0.2, 0.25) is 0 Å². The first kappa shape index (κ1) is 75.5. The average molecular weight is 1840 g/mol. The lowest BCUT2D eigenvalue weighted by Gasteiger charge is -2.14. The Labute approximate surface area is 580 Å². The topological polar surface area (TPSA) is 206 Å². The second-order valence-corrected chi connectivity index (χ2v) is 29.0. The minimum absolute atomic E-state index is 0. The molecule has 0 aliphatic rings. The summed E-state index contributed by atoms with van der Waals surface area (Å²) in [4.78, 5) is -1.02. The van der Waals surface area contributed by atoms with E-state index in [0.717, 1.165) is 19.8 Å². The molecule has 0 saturated carbocycles. The number of nitrogens with zero attached hydrogens (tertiary/aromatic N) is 1. The van der Waals surface area contributed by atoms with Crippen LogP contribution in [0.2, 0.25) is 30.1 Å². The van der Waals surface area contributed by atoms with Gasteiger partial charge >= 0.3 is 0 Å². The fourth-order valence-electron chi connectivity index (χ4n) is 6.35. The van der Waals surface area contributed by atoms with Crippen molar-refractivity contribution in [3.8, 4) is 40.8 Å². The van der Waals surface area contributed by atoms with Crippen LogP contribution in [0, 0.1) is 19.5 Å². The molecule has 1 aromatic heterocycles. The molecule has 6 N–H and O–H groups in total. The summed E-state index contributed by atoms with van der Waals surface area (Å²) in [6.45, 7) is 0. The average Bonchev–Trinajstić information content (AvgIpc) is 3.97. The van der Waals surface area contributed by atoms with E-state index in [1.54, 1.807) is 48.5 Å². The minimum atomic E-state index is -4.18. The number of rotatable bonds is 7. The summed E-state index contributed by atoms with van der Waals surface area (Å²) >= 11 is 48.4. The number of aromatic hydroxyl groups is 3. The maximum absolute atomic E-state index is 13.6. The number of phenols is 3. The van der Waals surface area contributed by atoms with E-state index in [4.69, 9.17) is 92.4 Å². The molecule has 9 aromatic rings. The first-order chi connectivity index (χ1) is 36.9. The molecule has 1 heterocycles. The van der Waals surface area contributed by atoms with Crippen LogP contribution in [0.1, 0.15) is 20.4 Å². The molecule has 9 rings (SSSR count). The van der Waals surface area contributed by atoms with Crippen molar-refractivity contribution in [2.75, 3.05) is 10.5 Å². The number of nitrogens with two attached hydrogens (primary N) is 1. The number of halogens is 13. The Bertz CT molecular complexity index is 4120.